The predicted octanol–water partition coefficient (Wildman–Crippen LogP) is 5.38. The van der Waals surface area contributed by atoms with Crippen molar-refractivity contribution in [3.8, 4) is 5.69 Å². The molecule has 2 aromatic carbocycles. The standard InChI is InChI=1S/C21H20F5N5/c1-13-5-17(10-18(6-13)30-4-2-3-14(11-30)21(24,25)26)28-20-27-12-31(29-20)19-8-15(22)7-16(23)9-19/h5-10,12,14H,2-4,11H2,1H3,(H,28,29). The highest BCUT2D eigenvalue weighted by Gasteiger charge is 2.41. The molecule has 0 saturated carbocycles. The normalized spacial score (nSPS) is 17.1. The first-order valence-electron chi connectivity index (χ1n) is 9.76. The third-order valence-corrected chi connectivity index (χ3v) is 5.17. The van der Waals surface area contributed by atoms with Gasteiger partial charge in [-0.1, -0.05) is 0 Å². The van der Waals surface area contributed by atoms with Crippen molar-refractivity contribution in [2.24, 2.45) is 5.92 Å². The van der Waals surface area contributed by atoms with E-state index in [0.717, 1.165) is 23.8 Å². The van der Waals surface area contributed by atoms with Crippen molar-refractivity contribution in [1.82, 2.24) is 14.8 Å². The van der Waals surface area contributed by atoms with Crippen LogP contribution in [-0.2, 0) is 0 Å². The molecule has 1 fully saturated rings. The molecular formula is C21H20F5N5. The number of anilines is 3. The minimum atomic E-state index is -4.21. The molecule has 1 aliphatic heterocycles. The number of alkyl halides is 3. The number of nitrogens with zero attached hydrogens (tertiary/aromatic N) is 4. The molecule has 1 unspecified atom stereocenters. The van der Waals surface area contributed by atoms with E-state index in [4.69, 9.17) is 0 Å². The van der Waals surface area contributed by atoms with Crippen molar-refractivity contribution in [2.75, 3.05) is 23.3 Å². The Kier molecular flexibility index (Phi) is 5.55. The maximum Gasteiger partial charge on any atom is 0.393 e. The zero-order valence-electron chi connectivity index (χ0n) is 16.6. The van der Waals surface area contributed by atoms with Crippen LogP contribution in [0.3, 0.4) is 0 Å². The summed E-state index contributed by atoms with van der Waals surface area (Å²) in [5.74, 6) is -2.63. The molecule has 1 atom stereocenters. The highest BCUT2D eigenvalue weighted by Crippen LogP contribution is 2.35. The first-order chi connectivity index (χ1) is 14.7. The van der Waals surface area contributed by atoms with Gasteiger partial charge in [0, 0.05) is 30.5 Å². The molecule has 5 nitrogen and oxygen atoms in total. The fourth-order valence-corrected chi connectivity index (χ4v) is 3.74. The van der Waals surface area contributed by atoms with Crippen LogP contribution in [0.2, 0.25) is 0 Å². The van der Waals surface area contributed by atoms with Gasteiger partial charge in [-0.25, -0.2) is 13.5 Å². The van der Waals surface area contributed by atoms with E-state index in [9.17, 15) is 22.0 Å². The van der Waals surface area contributed by atoms with Crippen molar-refractivity contribution < 1.29 is 22.0 Å². The van der Waals surface area contributed by atoms with Gasteiger partial charge in [0.25, 0.3) is 0 Å². The van der Waals surface area contributed by atoms with E-state index in [-0.39, 0.29) is 24.6 Å². The average Bonchev–Trinajstić information content (AvgIpc) is 3.15. The van der Waals surface area contributed by atoms with Gasteiger partial charge in [-0.05, 0) is 55.7 Å². The first-order valence-corrected chi connectivity index (χ1v) is 9.76. The molecule has 1 N–H and O–H groups in total. The maximum atomic E-state index is 13.4. The smallest absolute Gasteiger partial charge is 0.371 e. The second-order valence-electron chi connectivity index (χ2n) is 7.65. The molecule has 4 rings (SSSR count). The fourth-order valence-electron chi connectivity index (χ4n) is 3.74. The quantitative estimate of drug-likeness (QED) is 0.557. The lowest BCUT2D eigenvalue weighted by molar-refractivity contribution is -0.175. The Morgan fingerprint density at radius 2 is 1.74 bits per heavy atom. The predicted molar refractivity (Wildman–Crippen MR) is 107 cm³/mol. The molecule has 0 amide bonds. The van der Waals surface area contributed by atoms with E-state index in [1.807, 2.05) is 19.1 Å². The van der Waals surface area contributed by atoms with Gasteiger partial charge in [0.15, 0.2) is 0 Å². The molecule has 31 heavy (non-hydrogen) atoms. The van der Waals surface area contributed by atoms with Crippen LogP contribution in [0.5, 0.6) is 0 Å². The van der Waals surface area contributed by atoms with Crippen LogP contribution in [0.15, 0.2) is 42.7 Å². The number of aromatic nitrogens is 3. The summed E-state index contributed by atoms with van der Waals surface area (Å²) < 4.78 is 67.6. The number of aryl methyl sites for hydroxylation is 1. The Balaban J connectivity index is 1.54. The van der Waals surface area contributed by atoms with E-state index in [0.29, 0.717) is 24.3 Å². The van der Waals surface area contributed by atoms with Gasteiger partial charge in [-0.15, -0.1) is 5.10 Å². The molecule has 10 heteroatoms. The van der Waals surface area contributed by atoms with Crippen molar-refractivity contribution in [1.29, 1.82) is 0 Å². The summed E-state index contributed by atoms with van der Waals surface area (Å²) in [6, 6.07) is 8.41. The number of halogens is 5. The summed E-state index contributed by atoms with van der Waals surface area (Å²) >= 11 is 0. The van der Waals surface area contributed by atoms with Crippen molar-refractivity contribution >= 4 is 17.3 Å². The zero-order chi connectivity index (χ0) is 22.2. The molecule has 164 valence electrons. The molecular weight excluding hydrogens is 417 g/mol. The topological polar surface area (TPSA) is 46.0 Å². The number of piperidine rings is 1. The summed E-state index contributed by atoms with van der Waals surface area (Å²) in [5, 5.41) is 7.18. The van der Waals surface area contributed by atoms with Crippen molar-refractivity contribution in [2.45, 2.75) is 25.9 Å². The highest BCUT2D eigenvalue weighted by atomic mass is 19.4. The number of rotatable bonds is 4. The minimum Gasteiger partial charge on any atom is -0.371 e. The molecule has 0 radical (unpaired) electrons. The maximum absolute atomic E-state index is 13.4. The Morgan fingerprint density at radius 1 is 1.00 bits per heavy atom. The molecule has 1 aliphatic rings. The summed E-state index contributed by atoms with van der Waals surface area (Å²) in [6.07, 6.45) is -2.29. The van der Waals surface area contributed by atoms with Gasteiger partial charge < -0.3 is 10.2 Å². The lowest BCUT2D eigenvalue weighted by Gasteiger charge is -2.35. The second-order valence-corrected chi connectivity index (χ2v) is 7.65. The third kappa shape index (κ3) is 4.95. The number of nitrogens with one attached hydrogen (secondary N) is 1. The number of hydrogen-bond donors (Lipinski definition) is 1. The van der Waals surface area contributed by atoms with Crippen LogP contribution in [0.4, 0.5) is 39.3 Å². The lowest BCUT2D eigenvalue weighted by Crippen LogP contribution is -2.41. The third-order valence-electron chi connectivity index (χ3n) is 5.17. The monoisotopic (exact) mass is 437 g/mol. The lowest BCUT2D eigenvalue weighted by atomic mass is 9.97. The van der Waals surface area contributed by atoms with E-state index in [1.165, 1.54) is 11.0 Å². The molecule has 0 aliphatic carbocycles. The first kappa shape index (κ1) is 21.1. The van der Waals surface area contributed by atoms with Gasteiger partial charge in [0.2, 0.25) is 5.95 Å². The Hall–Kier alpha value is -3.17. The van der Waals surface area contributed by atoms with Gasteiger partial charge in [-0.3, -0.25) is 0 Å². The molecule has 0 spiro atoms. The van der Waals surface area contributed by atoms with E-state index in [1.54, 1.807) is 11.0 Å². The second kappa shape index (κ2) is 8.16. The molecule has 3 aromatic rings. The fraction of sp³-hybridized carbons (Fsp3) is 0.333. The van der Waals surface area contributed by atoms with Gasteiger partial charge >= 0.3 is 6.18 Å². The number of hydrogen-bond acceptors (Lipinski definition) is 4. The Bertz CT molecular complexity index is 1060. The van der Waals surface area contributed by atoms with Gasteiger partial charge in [0.05, 0.1) is 11.6 Å². The molecule has 2 heterocycles. The van der Waals surface area contributed by atoms with E-state index >= 15 is 0 Å². The summed E-state index contributed by atoms with van der Waals surface area (Å²) in [6.45, 7) is 2.32. The van der Waals surface area contributed by atoms with Crippen LogP contribution in [0.1, 0.15) is 18.4 Å². The number of benzene rings is 2. The Morgan fingerprint density at radius 3 is 2.45 bits per heavy atom. The van der Waals surface area contributed by atoms with Crippen molar-refractivity contribution in [3.05, 3.63) is 59.9 Å². The average molecular weight is 437 g/mol. The highest BCUT2D eigenvalue weighted by molar-refractivity contribution is 5.64. The summed E-state index contributed by atoms with van der Waals surface area (Å²) in [5.41, 5.74) is 2.32. The summed E-state index contributed by atoms with van der Waals surface area (Å²) in [4.78, 5) is 5.83. The van der Waals surface area contributed by atoms with Gasteiger partial charge in [0.1, 0.15) is 18.0 Å². The molecule has 1 aromatic heterocycles. The van der Waals surface area contributed by atoms with Crippen LogP contribution in [0, 0.1) is 24.5 Å². The van der Waals surface area contributed by atoms with Gasteiger partial charge in [-0.2, -0.15) is 18.2 Å². The summed E-state index contributed by atoms with van der Waals surface area (Å²) in [7, 11) is 0. The van der Waals surface area contributed by atoms with Crippen LogP contribution < -0.4 is 10.2 Å². The molecule has 1 saturated heterocycles. The zero-order valence-corrected chi connectivity index (χ0v) is 16.6. The largest absolute Gasteiger partial charge is 0.393 e. The van der Waals surface area contributed by atoms with Crippen LogP contribution in [-0.4, -0.2) is 34.0 Å². The SMILES string of the molecule is Cc1cc(Nc2ncn(-c3cc(F)cc(F)c3)n2)cc(N2CCCC(C(F)(F)F)C2)c1. The van der Waals surface area contributed by atoms with Crippen LogP contribution in [0.25, 0.3) is 5.69 Å². The molecule has 0 bridgehead atoms. The van der Waals surface area contributed by atoms with E-state index in [2.05, 4.69) is 15.4 Å². The Labute approximate surface area is 175 Å². The van der Waals surface area contributed by atoms with Crippen molar-refractivity contribution in [3.63, 3.8) is 0 Å². The van der Waals surface area contributed by atoms with Crippen LogP contribution >= 0.6 is 0 Å². The van der Waals surface area contributed by atoms with E-state index < -0.39 is 23.7 Å². The minimum absolute atomic E-state index is 0.0790.